The van der Waals surface area contributed by atoms with Crippen LogP contribution in [0.15, 0.2) is 0 Å². The van der Waals surface area contributed by atoms with E-state index < -0.39 is 6.10 Å². The molecule has 3 heteroatoms. The fraction of sp³-hybridized carbons (Fsp3) is 0.900. The van der Waals surface area contributed by atoms with Gasteiger partial charge in [-0.2, -0.15) is 0 Å². The topological polar surface area (TPSA) is 49.3 Å². The summed E-state index contributed by atoms with van der Waals surface area (Å²) in [5.74, 6) is 1.28. The number of amides is 1. The highest BCUT2D eigenvalue weighted by Gasteiger charge is 2.53. The molecule has 2 saturated carbocycles. The Morgan fingerprint density at radius 1 is 1.54 bits per heavy atom. The van der Waals surface area contributed by atoms with Crippen LogP contribution < -0.4 is 5.32 Å². The lowest BCUT2D eigenvalue weighted by Crippen LogP contribution is -2.37. The predicted octanol–water partition coefficient (Wildman–Crippen LogP) is 0.672. The van der Waals surface area contributed by atoms with E-state index in [0.717, 1.165) is 11.8 Å². The number of fused-ring (bicyclic) bond motifs is 1. The van der Waals surface area contributed by atoms with Gasteiger partial charge >= 0.3 is 0 Å². The number of hydrogen-bond donors (Lipinski definition) is 2. The van der Waals surface area contributed by atoms with Gasteiger partial charge < -0.3 is 10.4 Å². The maximum absolute atomic E-state index is 11.3. The molecule has 74 valence electrons. The Balaban J connectivity index is 1.77. The van der Waals surface area contributed by atoms with Gasteiger partial charge in [0.05, 0.1) is 0 Å². The fourth-order valence-corrected chi connectivity index (χ4v) is 2.48. The summed E-state index contributed by atoms with van der Waals surface area (Å²) in [7, 11) is 0. The quantitative estimate of drug-likeness (QED) is 0.675. The van der Waals surface area contributed by atoms with Crippen LogP contribution >= 0.6 is 0 Å². The normalized spacial score (nSPS) is 38.2. The summed E-state index contributed by atoms with van der Waals surface area (Å²) < 4.78 is 0. The predicted molar refractivity (Wildman–Crippen MR) is 49.1 cm³/mol. The second kappa shape index (κ2) is 3.29. The van der Waals surface area contributed by atoms with Crippen molar-refractivity contribution in [2.75, 3.05) is 0 Å². The highest BCUT2D eigenvalue weighted by atomic mass is 16.3. The van der Waals surface area contributed by atoms with Crippen LogP contribution in [0.4, 0.5) is 0 Å². The minimum absolute atomic E-state index is 0.179. The van der Waals surface area contributed by atoms with Crippen LogP contribution in [-0.2, 0) is 4.79 Å². The van der Waals surface area contributed by atoms with Gasteiger partial charge in [-0.15, -0.1) is 0 Å². The van der Waals surface area contributed by atoms with Gasteiger partial charge in [0.15, 0.2) is 0 Å². The van der Waals surface area contributed by atoms with Gasteiger partial charge in [-0.3, -0.25) is 4.79 Å². The monoisotopic (exact) mass is 183 g/mol. The molecule has 0 heterocycles. The third kappa shape index (κ3) is 1.57. The lowest BCUT2D eigenvalue weighted by molar-refractivity contribution is -0.129. The molecule has 0 saturated heterocycles. The van der Waals surface area contributed by atoms with Crippen molar-refractivity contribution in [2.24, 2.45) is 11.8 Å². The summed E-state index contributed by atoms with van der Waals surface area (Å²) in [5, 5.41) is 12.2. The van der Waals surface area contributed by atoms with E-state index in [1.807, 2.05) is 6.92 Å². The van der Waals surface area contributed by atoms with Crippen LogP contribution in [0.3, 0.4) is 0 Å². The maximum atomic E-state index is 11.3. The Labute approximate surface area is 78.5 Å². The molecule has 0 radical (unpaired) electrons. The summed E-state index contributed by atoms with van der Waals surface area (Å²) in [6.07, 6.45) is 3.54. The molecule has 2 aliphatic rings. The van der Waals surface area contributed by atoms with Gasteiger partial charge in [0, 0.05) is 6.04 Å². The first kappa shape index (κ1) is 9.00. The highest BCUT2D eigenvalue weighted by Crippen LogP contribution is 2.51. The molecule has 0 spiro atoms. The Morgan fingerprint density at radius 2 is 2.15 bits per heavy atom. The van der Waals surface area contributed by atoms with E-state index in [-0.39, 0.29) is 5.91 Å². The first-order valence-electron chi connectivity index (χ1n) is 5.22. The first-order chi connectivity index (χ1) is 6.24. The molecule has 2 N–H and O–H groups in total. The van der Waals surface area contributed by atoms with E-state index in [1.54, 1.807) is 0 Å². The zero-order valence-corrected chi connectivity index (χ0v) is 7.99. The standard InChI is InChI=1S/C10H17NO2/c1-2-8(12)10(13)11-9-6-4-3-5-7(6)9/h6-9,12H,2-5H2,1H3,(H,11,13). The van der Waals surface area contributed by atoms with Gasteiger partial charge in [-0.1, -0.05) is 13.3 Å². The van der Waals surface area contributed by atoms with Gasteiger partial charge in [0.2, 0.25) is 5.91 Å². The number of rotatable bonds is 3. The molecule has 0 bridgehead atoms. The Hall–Kier alpha value is -0.570. The molecular weight excluding hydrogens is 166 g/mol. The molecule has 13 heavy (non-hydrogen) atoms. The zero-order valence-electron chi connectivity index (χ0n) is 7.99. The molecule has 2 fully saturated rings. The fourth-order valence-electron chi connectivity index (χ4n) is 2.48. The van der Waals surface area contributed by atoms with Crippen molar-refractivity contribution in [2.45, 2.75) is 44.8 Å². The van der Waals surface area contributed by atoms with E-state index in [4.69, 9.17) is 0 Å². The average molecular weight is 183 g/mol. The van der Waals surface area contributed by atoms with Gasteiger partial charge in [-0.05, 0) is 31.1 Å². The van der Waals surface area contributed by atoms with Crippen molar-refractivity contribution in [1.82, 2.24) is 5.32 Å². The molecule has 3 unspecified atom stereocenters. The SMILES string of the molecule is CCC(O)C(=O)NC1C2CCCC21. The largest absolute Gasteiger partial charge is 0.383 e. The van der Waals surface area contributed by atoms with Crippen LogP contribution in [0.2, 0.25) is 0 Å². The number of aliphatic hydroxyl groups excluding tert-OH is 1. The summed E-state index contributed by atoms with van der Waals surface area (Å²) in [5.41, 5.74) is 0. The van der Waals surface area contributed by atoms with E-state index in [1.165, 1.54) is 19.3 Å². The molecule has 1 amide bonds. The van der Waals surface area contributed by atoms with Crippen molar-refractivity contribution in [1.29, 1.82) is 0 Å². The zero-order chi connectivity index (χ0) is 9.42. The number of carbonyl (C=O) groups excluding carboxylic acids is 1. The molecule has 2 rings (SSSR count). The lowest BCUT2D eigenvalue weighted by Gasteiger charge is -2.10. The van der Waals surface area contributed by atoms with Crippen molar-refractivity contribution in [3.05, 3.63) is 0 Å². The Morgan fingerprint density at radius 3 is 2.69 bits per heavy atom. The molecule has 0 aliphatic heterocycles. The average Bonchev–Trinajstić information content (AvgIpc) is 2.63. The summed E-state index contributed by atoms with van der Waals surface area (Å²) in [6, 6.07) is 0.391. The summed E-state index contributed by atoms with van der Waals surface area (Å²) in [4.78, 5) is 11.3. The number of aliphatic hydroxyl groups is 1. The van der Waals surface area contributed by atoms with Crippen LogP contribution in [0.1, 0.15) is 32.6 Å². The summed E-state index contributed by atoms with van der Waals surface area (Å²) >= 11 is 0. The molecule has 0 aromatic rings. The smallest absolute Gasteiger partial charge is 0.249 e. The van der Waals surface area contributed by atoms with Crippen molar-refractivity contribution >= 4 is 5.91 Å². The molecule has 0 aromatic heterocycles. The van der Waals surface area contributed by atoms with E-state index in [2.05, 4.69) is 5.32 Å². The Bertz CT molecular complexity index is 207. The van der Waals surface area contributed by atoms with Crippen LogP contribution in [0.25, 0.3) is 0 Å². The molecule has 3 atom stereocenters. The Kier molecular flexibility index (Phi) is 2.28. The second-order valence-corrected chi connectivity index (χ2v) is 4.22. The number of carbonyl (C=O) groups is 1. The number of nitrogens with one attached hydrogen (secondary N) is 1. The van der Waals surface area contributed by atoms with Gasteiger partial charge in [0.1, 0.15) is 6.10 Å². The van der Waals surface area contributed by atoms with E-state index >= 15 is 0 Å². The van der Waals surface area contributed by atoms with Gasteiger partial charge in [-0.25, -0.2) is 0 Å². The highest BCUT2D eigenvalue weighted by molar-refractivity contribution is 5.81. The maximum Gasteiger partial charge on any atom is 0.249 e. The van der Waals surface area contributed by atoms with E-state index in [0.29, 0.717) is 12.5 Å². The first-order valence-corrected chi connectivity index (χ1v) is 5.22. The minimum atomic E-state index is -0.804. The van der Waals surface area contributed by atoms with Crippen LogP contribution in [0.5, 0.6) is 0 Å². The number of hydrogen-bond acceptors (Lipinski definition) is 2. The van der Waals surface area contributed by atoms with Crippen LogP contribution in [-0.4, -0.2) is 23.2 Å². The van der Waals surface area contributed by atoms with Crippen LogP contribution in [0, 0.1) is 11.8 Å². The van der Waals surface area contributed by atoms with Crippen molar-refractivity contribution in [3.63, 3.8) is 0 Å². The third-order valence-corrected chi connectivity index (χ3v) is 3.40. The third-order valence-electron chi connectivity index (χ3n) is 3.40. The second-order valence-electron chi connectivity index (χ2n) is 4.22. The van der Waals surface area contributed by atoms with Crippen molar-refractivity contribution < 1.29 is 9.90 Å². The molecule has 2 aliphatic carbocycles. The molecule has 3 nitrogen and oxygen atoms in total. The van der Waals surface area contributed by atoms with Gasteiger partial charge in [0.25, 0.3) is 0 Å². The molecule has 0 aromatic carbocycles. The minimum Gasteiger partial charge on any atom is -0.383 e. The van der Waals surface area contributed by atoms with E-state index in [9.17, 15) is 9.90 Å². The van der Waals surface area contributed by atoms with Crippen molar-refractivity contribution in [3.8, 4) is 0 Å². The molecular formula is C10H17NO2. The lowest BCUT2D eigenvalue weighted by atomic mass is 10.2. The summed E-state index contributed by atoms with van der Waals surface area (Å²) in [6.45, 7) is 1.82.